The second-order valence-electron chi connectivity index (χ2n) is 4.74. The van der Waals surface area contributed by atoms with Crippen LogP contribution in [0.4, 0.5) is 0 Å². The molecule has 2 aromatic rings. The molecule has 1 aromatic heterocycles. The second kappa shape index (κ2) is 7.83. The summed E-state index contributed by atoms with van der Waals surface area (Å²) in [7, 11) is 4.68. The summed E-state index contributed by atoms with van der Waals surface area (Å²) < 4.78 is 16.0. The third kappa shape index (κ3) is 3.74. The number of carbonyl (C=O) groups excluding carboxylic acids is 1. The normalized spacial score (nSPS) is 10.8. The van der Waals surface area contributed by atoms with Crippen LogP contribution in [-0.2, 0) is 6.42 Å². The zero-order valence-corrected chi connectivity index (χ0v) is 14.5. The van der Waals surface area contributed by atoms with Crippen LogP contribution in [0.2, 0.25) is 0 Å². The summed E-state index contributed by atoms with van der Waals surface area (Å²) in [6, 6.07) is 7.46. The molecule has 23 heavy (non-hydrogen) atoms. The Bertz CT molecular complexity index is 716. The molecule has 0 fully saturated rings. The lowest BCUT2D eigenvalue weighted by Gasteiger charge is -2.13. The Hall–Kier alpha value is -2.27. The largest absolute Gasteiger partial charge is 0.493 e. The zero-order chi connectivity index (χ0) is 16.8. The molecule has 0 saturated carbocycles. The molecule has 4 nitrogen and oxygen atoms in total. The van der Waals surface area contributed by atoms with E-state index in [-0.39, 0.29) is 5.78 Å². The van der Waals surface area contributed by atoms with Gasteiger partial charge >= 0.3 is 0 Å². The highest BCUT2D eigenvalue weighted by molar-refractivity contribution is 7.14. The highest BCUT2D eigenvalue weighted by Gasteiger charge is 2.14. The number of hydrogen-bond donors (Lipinski definition) is 0. The van der Waals surface area contributed by atoms with E-state index in [0.717, 1.165) is 16.9 Å². The van der Waals surface area contributed by atoms with Gasteiger partial charge in [-0.3, -0.25) is 4.79 Å². The number of ether oxygens (including phenoxy) is 3. The summed E-state index contributed by atoms with van der Waals surface area (Å²) >= 11 is 1.52. The first-order valence-corrected chi connectivity index (χ1v) is 8.06. The van der Waals surface area contributed by atoms with E-state index in [1.165, 1.54) is 16.2 Å². The maximum atomic E-state index is 12.3. The number of benzene rings is 1. The molecule has 2 rings (SSSR count). The van der Waals surface area contributed by atoms with Crippen molar-refractivity contribution >= 4 is 23.2 Å². The molecule has 122 valence electrons. The van der Waals surface area contributed by atoms with Crippen LogP contribution < -0.4 is 14.2 Å². The molecule has 0 bridgehead atoms. The quantitative estimate of drug-likeness (QED) is 0.562. The lowest BCUT2D eigenvalue weighted by atomic mass is 10.1. The van der Waals surface area contributed by atoms with Crippen molar-refractivity contribution in [1.29, 1.82) is 0 Å². The third-order valence-electron chi connectivity index (χ3n) is 3.40. The van der Waals surface area contributed by atoms with Crippen LogP contribution >= 0.6 is 11.3 Å². The molecule has 0 aliphatic rings. The zero-order valence-electron chi connectivity index (χ0n) is 13.7. The summed E-state index contributed by atoms with van der Waals surface area (Å²) in [6.07, 6.45) is 4.22. The fraction of sp³-hybridized carbons (Fsp3) is 0.278. The van der Waals surface area contributed by atoms with Crippen molar-refractivity contribution in [3.8, 4) is 17.2 Å². The Morgan fingerprint density at radius 1 is 1.04 bits per heavy atom. The average molecular weight is 332 g/mol. The molecule has 0 saturated heterocycles. The Morgan fingerprint density at radius 2 is 1.78 bits per heavy atom. The highest BCUT2D eigenvalue weighted by atomic mass is 32.1. The standard InChI is InChI=1S/C18H20O4S/c1-5-13-8-11-16(23-13)14(19)9-6-12-7-10-15(20-2)18(22-4)17(12)21-3/h6-11H,5H2,1-4H3/b9-6+. The molecule has 0 radical (unpaired) electrons. The van der Waals surface area contributed by atoms with Crippen LogP contribution in [0.15, 0.2) is 30.3 Å². The summed E-state index contributed by atoms with van der Waals surface area (Å²) in [5.41, 5.74) is 0.755. The highest BCUT2D eigenvalue weighted by Crippen LogP contribution is 2.40. The lowest BCUT2D eigenvalue weighted by molar-refractivity contribution is 0.105. The number of aryl methyl sites for hydroxylation is 1. The van der Waals surface area contributed by atoms with Gasteiger partial charge in [0.1, 0.15) is 0 Å². The van der Waals surface area contributed by atoms with Crippen LogP contribution in [-0.4, -0.2) is 27.1 Å². The second-order valence-corrected chi connectivity index (χ2v) is 5.91. The molecule has 1 aromatic carbocycles. The fourth-order valence-corrected chi connectivity index (χ4v) is 3.07. The van der Waals surface area contributed by atoms with Crippen molar-refractivity contribution < 1.29 is 19.0 Å². The van der Waals surface area contributed by atoms with Gasteiger partial charge in [-0.1, -0.05) is 6.92 Å². The maximum absolute atomic E-state index is 12.3. The van der Waals surface area contributed by atoms with Gasteiger partial charge in [0.2, 0.25) is 5.75 Å². The first-order valence-electron chi connectivity index (χ1n) is 7.24. The molecule has 0 N–H and O–H groups in total. The molecule has 0 unspecified atom stereocenters. The Labute approximate surface area is 140 Å². The molecule has 0 aliphatic heterocycles. The number of rotatable bonds is 7. The predicted molar refractivity (Wildman–Crippen MR) is 93.2 cm³/mol. The first-order chi connectivity index (χ1) is 11.1. The monoisotopic (exact) mass is 332 g/mol. The Balaban J connectivity index is 2.30. The predicted octanol–water partition coefficient (Wildman–Crippen LogP) is 4.23. The van der Waals surface area contributed by atoms with Gasteiger partial charge in [0.25, 0.3) is 0 Å². The Kier molecular flexibility index (Phi) is 5.82. The van der Waals surface area contributed by atoms with Gasteiger partial charge < -0.3 is 14.2 Å². The minimum atomic E-state index is -0.0217. The van der Waals surface area contributed by atoms with Crippen LogP contribution in [0.1, 0.15) is 27.0 Å². The minimum absolute atomic E-state index is 0.0217. The summed E-state index contributed by atoms with van der Waals surface area (Å²) in [5, 5.41) is 0. The van der Waals surface area contributed by atoms with Crippen molar-refractivity contribution in [3.05, 3.63) is 45.7 Å². The molecule has 0 atom stereocenters. The molecular weight excluding hydrogens is 312 g/mol. The van der Waals surface area contributed by atoms with Crippen molar-refractivity contribution in [3.63, 3.8) is 0 Å². The van der Waals surface area contributed by atoms with Gasteiger partial charge in [-0.25, -0.2) is 0 Å². The van der Waals surface area contributed by atoms with Crippen LogP contribution in [0, 0.1) is 0 Å². The summed E-state index contributed by atoms with van der Waals surface area (Å²) in [6.45, 7) is 2.07. The van der Waals surface area contributed by atoms with E-state index in [0.29, 0.717) is 17.2 Å². The van der Waals surface area contributed by atoms with Crippen molar-refractivity contribution in [1.82, 2.24) is 0 Å². The third-order valence-corrected chi connectivity index (χ3v) is 4.65. The average Bonchev–Trinajstić information content (AvgIpc) is 3.07. The van der Waals surface area contributed by atoms with Crippen LogP contribution in [0.5, 0.6) is 17.2 Å². The molecule has 0 amide bonds. The van der Waals surface area contributed by atoms with Crippen molar-refractivity contribution in [2.24, 2.45) is 0 Å². The molecule has 1 heterocycles. The maximum Gasteiger partial charge on any atom is 0.203 e. The topological polar surface area (TPSA) is 44.8 Å². The van der Waals surface area contributed by atoms with Gasteiger partial charge in [0.15, 0.2) is 17.3 Å². The SMILES string of the molecule is CCc1ccc(C(=O)/C=C/c2ccc(OC)c(OC)c2OC)s1. The summed E-state index contributed by atoms with van der Waals surface area (Å²) in [4.78, 5) is 14.2. The van der Waals surface area contributed by atoms with Gasteiger partial charge in [0, 0.05) is 10.4 Å². The van der Waals surface area contributed by atoms with Gasteiger partial charge in [-0.05, 0) is 42.8 Å². The van der Waals surface area contributed by atoms with Crippen molar-refractivity contribution in [2.75, 3.05) is 21.3 Å². The summed E-state index contributed by atoms with van der Waals surface area (Å²) in [5.74, 6) is 1.61. The van der Waals surface area contributed by atoms with E-state index in [4.69, 9.17) is 14.2 Å². The molecule has 5 heteroatoms. The number of ketones is 1. The number of allylic oxidation sites excluding steroid dienone is 1. The fourth-order valence-electron chi connectivity index (χ4n) is 2.20. The van der Waals surface area contributed by atoms with E-state index in [1.54, 1.807) is 39.5 Å². The van der Waals surface area contributed by atoms with E-state index in [2.05, 4.69) is 6.92 Å². The van der Waals surface area contributed by atoms with Gasteiger partial charge in [-0.2, -0.15) is 0 Å². The van der Waals surface area contributed by atoms with Gasteiger partial charge in [-0.15, -0.1) is 11.3 Å². The van der Waals surface area contributed by atoms with Crippen LogP contribution in [0.25, 0.3) is 6.08 Å². The van der Waals surface area contributed by atoms with E-state index >= 15 is 0 Å². The number of hydrogen-bond acceptors (Lipinski definition) is 5. The van der Waals surface area contributed by atoms with E-state index < -0.39 is 0 Å². The molecular formula is C18H20O4S. The van der Waals surface area contributed by atoms with Crippen molar-refractivity contribution in [2.45, 2.75) is 13.3 Å². The van der Waals surface area contributed by atoms with Gasteiger partial charge in [0.05, 0.1) is 26.2 Å². The van der Waals surface area contributed by atoms with Crippen LogP contribution in [0.3, 0.4) is 0 Å². The first kappa shape index (κ1) is 17.1. The Morgan fingerprint density at radius 3 is 2.35 bits per heavy atom. The molecule has 0 aliphatic carbocycles. The number of methoxy groups -OCH3 is 3. The minimum Gasteiger partial charge on any atom is -0.493 e. The smallest absolute Gasteiger partial charge is 0.203 e. The van der Waals surface area contributed by atoms with E-state index in [9.17, 15) is 4.79 Å². The number of carbonyl (C=O) groups is 1. The lowest BCUT2D eigenvalue weighted by Crippen LogP contribution is -1.97. The van der Waals surface area contributed by atoms with E-state index in [1.807, 2.05) is 18.2 Å². The number of thiophene rings is 1. The molecule has 0 spiro atoms.